The topological polar surface area (TPSA) is 87.7 Å². The molecule has 2 N–H and O–H groups in total. The van der Waals surface area contributed by atoms with Crippen molar-refractivity contribution in [2.45, 2.75) is 23.4 Å². The minimum absolute atomic E-state index is 0.132. The van der Waals surface area contributed by atoms with E-state index < -0.39 is 16.1 Å². The van der Waals surface area contributed by atoms with E-state index in [1.807, 2.05) is 49.5 Å². The zero-order valence-electron chi connectivity index (χ0n) is 18.4. The maximum Gasteiger partial charge on any atom is 0.241 e. The summed E-state index contributed by atoms with van der Waals surface area (Å²) in [5.74, 6) is 1.04. The van der Waals surface area contributed by atoms with Gasteiger partial charge in [-0.05, 0) is 50.7 Å². The van der Waals surface area contributed by atoms with E-state index in [1.165, 1.54) is 12.1 Å². The normalized spacial score (nSPS) is 13.6. The van der Waals surface area contributed by atoms with Gasteiger partial charge in [0.05, 0.1) is 18.0 Å². The Morgan fingerprint density at radius 1 is 1.10 bits per heavy atom. The van der Waals surface area contributed by atoms with Crippen molar-refractivity contribution in [1.29, 1.82) is 0 Å². The maximum atomic E-state index is 13.0. The highest BCUT2D eigenvalue weighted by atomic mass is 32.2. The molecule has 0 fully saturated rings. The van der Waals surface area contributed by atoms with Gasteiger partial charge >= 0.3 is 0 Å². The van der Waals surface area contributed by atoms with Gasteiger partial charge in [0.15, 0.2) is 0 Å². The second-order valence-electron chi connectivity index (χ2n) is 7.23. The molecule has 31 heavy (non-hydrogen) atoms. The van der Waals surface area contributed by atoms with E-state index in [4.69, 9.17) is 4.74 Å². The first kappa shape index (κ1) is 25.2. The van der Waals surface area contributed by atoms with Crippen molar-refractivity contribution in [1.82, 2.24) is 14.9 Å². The summed E-state index contributed by atoms with van der Waals surface area (Å²) in [5, 5.41) is 2.92. The van der Waals surface area contributed by atoms with Gasteiger partial charge in [0.2, 0.25) is 15.9 Å². The monoisotopic (exact) mass is 465 g/mol. The van der Waals surface area contributed by atoms with E-state index in [9.17, 15) is 13.2 Å². The van der Waals surface area contributed by atoms with E-state index in [1.54, 1.807) is 37.1 Å². The summed E-state index contributed by atoms with van der Waals surface area (Å²) in [6.07, 6.45) is 2.31. The highest BCUT2D eigenvalue weighted by Gasteiger charge is 2.27. The van der Waals surface area contributed by atoms with Crippen LogP contribution in [0.2, 0.25) is 0 Å². The van der Waals surface area contributed by atoms with Crippen LogP contribution in [0.5, 0.6) is 5.75 Å². The number of carbonyl (C=O) groups is 1. The molecule has 2 atom stereocenters. The first-order valence-corrected chi connectivity index (χ1v) is 12.8. The van der Waals surface area contributed by atoms with E-state index >= 15 is 0 Å². The number of hydrogen-bond donors (Lipinski definition) is 2. The van der Waals surface area contributed by atoms with Gasteiger partial charge in [0.25, 0.3) is 0 Å². The number of hydrogen-bond acceptors (Lipinski definition) is 6. The second-order valence-corrected chi connectivity index (χ2v) is 9.93. The number of thioether (sulfide) groups is 1. The third kappa shape index (κ3) is 7.24. The van der Waals surface area contributed by atoms with Crippen LogP contribution in [0.25, 0.3) is 0 Å². The molecule has 0 saturated heterocycles. The zero-order chi connectivity index (χ0) is 22.9. The quantitative estimate of drug-likeness (QED) is 0.501. The Bertz CT molecular complexity index is 937. The molecule has 0 aliphatic rings. The molecule has 0 saturated carbocycles. The highest BCUT2D eigenvalue weighted by Crippen LogP contribution is 2.27. The minimum Gasteiger partial charge on any atom is -0.496 e. The summed E-state index contributed by atoms with van der Waals surface area (Å²) in [6, 6.07) is 14.7. The molecule has 2 aromatic rings. The van der Waals surface area contributed by atoms with Gasteiger partial charge in [-0.1, -0.05) is 36.4 Å². The summed E-state index contributed by atoms with van der Waals surface area (Å²) in [5.41, 5.74) is 0.945. The van der Waals surface area contributed by atoms with Crippen LogP contribution in [-0.2, 0) is 14.8 Å². The summed E-state index contributed by atoms with van der Waals surface area (Å²) in [4.78, 5) is 15.1. The molecule has 170 valence electrons. The van der Waals surface area contributed by atoms with Gasteiger partial charge in [0.1, 0.15) is 11.8 Å². The molecule has 7 nitrogen and oxygen atoms in total. The SMILES string of the molecule is COc1ccccc1C(CNC(=O)C(CCSC)NS(=O)(=O)c1ccccc1)N(C)C. The highest BCUT2D eigenvalue weighted by molar-refractivity contribution is 7.98. The van der Waals surface area contributed by atoms with Crippen LogP contribution in [0, 0.1) is 0 Å². The molecule has 0 aliphatic heterocycles. The van der Waals surface area contributed by atoms with Gasteiger partial charge in [-0.2, -0.15) is 16.5 Å². The molecular weight excluding hydrogens is 434 g/mol. The number of likely N-dealkylation sites (N-methyl/N-ethyl adjacent to an activating group) is 1. The van der Waals surface area contributed by atoms with Crippen LogP contribution in [0.1, 0.15) is 18.0 Å². The number of carbonyl (C=O) groups excluding carboxylic acids is 1. The fraction of sp³-hybridized carbons (Fsp3) is 0.409. The van der Waals surface area contributed by atoms with Crippen molar-refractivity contribution in [2.75, 3.05) is 39.8 Å². The van der Waals surface area contributed by atoms with Crippen molar-refractivity contribution < 1.29 is 17.9 Å². The van der Waals surface area contributed by atoms with Gasteiger partial charge in [-0.15, -0.1) is 0 Å². The van der Waals surface area contributed by atoms with Crippen molar-refractivity contribution in [2.24, 2.45) is 0 Å². The Labute approximate surface area is 189 Å². The van der Waals surface area contributed by atoms with Crippen LogP contribution < -0.4 is 14.8 Å². The summed E-state index contributed by atoms with van der Waals surface area (Å²) < 4.78 is 33.5. The molecule has 0 aromatic heterocycles. The number of para-hydroxylation sites is 1. The number of benzene rings is 2. The minimum atomic E-state index is -3.80. The molecule has 0 aliphatic carbocycles. The Kier molecular flexibility index (Phi) is 9.83. The Morgan fingerprint density at radius 3 is 2.35 bits per heavy atom. The number of nitrogens with zero attached hydrogens (tertiary/aromatic N) is 1. The van der Waals surface area contributed by atoms with Crippen molar-refractivity contribution in [3.8, 4) is 5.75 Å². The number of rotatable bonds is 12. The number of nitrogens with one attached hydrogen (secondary N) is 2. The fourth-order valence-electron chi connectivity index (χ4n) is 3.17. The van der Waals surface area contributed by atoms with E-state index in [2.05, 4.69) is 10.0 Å². The lowest BCUT2D eigenvalue weighted by molar-refractivity contribution is -0.123. The zero-order valence-corrected chi connectivity index (χ0v) is 20.0. The Morgan fingerprint density at radius 2 is 1.74 bits per heavy atom. The van der Waals surface area contributed by atoms with Crippen LogP contribution in [-0.4, -0.2) is 65.0 Å². The van der Waals surface area contributed by atoms with Crippen LogP contribution >= 0.6 is 11.8 Å². The summed E-state index contributed by atoms with van der Waals surface area (Å²) in [6.45, 7) is 0.315. The lowest BCUT2D eigenvalue weighted by atomic mass is 10.0. The van der Waals surface area contributed by atoms with Gasteiger partial charge in [0, 0.05) is 12.1 Å². The van der Waals surface area contributed by atoms with Crippen molar-refractivity contribution >= 4 is 27.7 Å². The van der Waals surface area contributed by atoms with Crippen molar-refractivity contribution in [3.05, 3.63) is 60.2 Å². The molecule has 2 aromatic carbocycles. The number of sulfonamides is 1. The second kappa shape index (κ2) is 12.1. The average molecular weight is 466 g/mol. The smallest absolute Gasteiger partial charge is 0.241 e. The van der Waals surface area contributed by atoms with E-state index in [-0.39, 0.29) is 16.8 Å². The number of amides is 1. The van der Waals surface area contributed by atoms with E-state index in [0.29, 0.717) is 18.7 Å². The number of ether oxygens (including phenoxy) is 1. The Balaban J connectivity index is 2.15. The number of methoxy groups -OCH3 is 1. The summed E-state index contributed by atoms with van der Waals surface area (Å²) in [7, 11) is 1.66. The molecule has 2 unspecified atom stereocenters. The lowest BCUT2D eigenvalue weighted by Gasteiger charge is -2.27. The van der Waals surface area contributed by atoms with Gasteiger partial charge in [-0.3, -0.25) is 4.79 Å². The summed E-state index contributed by atoms with van der Waals surface area (Å²) >= 11 is 1.56. The van der Waals surface area contributed by atoms with E-state index in [0.717, 1.165) is 11.3 Å². The first-order chi connectivity index (χ1) is 14.8. The molecule has 2 rings (SSSR count). The Hall–Kier alpha value is -2.07. The third-order valence-corrected chi connectivity index (χ3v) is 7.00. The first-order valence-electron chi connectivity index (χ1n) is 9.93. The third-order valence-electron chi connectivity index (χ3n) is 4.87. The maximum absolute atomic E-state index is 13.0. The van der Waals surface area contributed by atoms with Gasteiger partial charge < -0.3 is 15.0 Å². The molecule has 0 radical (unpaired) electrons. The fourth-order valence-corrected chi connectivity index (χ4v) is 4.89. The van der Waals surface area contributed by atoms with Crippen molar-refractivity contribution in [3.63, 3.8) is 0 Å². The predicted molar refractivity (Wildman–Crippen MR) is 126 cm³/mol. The molecule has 0 spiro atoms. The van der Waals surface area contributed by atoms with Crippen LogP contribution in [0.15, 0.2) is 59.5 Å². The van der Waals surface area contributed by atoms with Gasteiger partial charge in [-0.25, -0.2) is 8.42 Å². The molecule has 1 amide bonds. The standard InChI is InChI=1S/C22H31N3O4S2/c1-25(2)20(18-12-8-9-13-21(18)29-3)16-23-22(26)19(14-15-30-4)24-31(27,28)17-10-6-5-7-11-17/h5-13,19-20,24H,14-16H2,1-4H3,(H,23,26). The molecular formula is C22H31N3O4S2. The average Bonchev–Trinajstić information content (AvgIpc) is 2.77. The molecule has 9 heteroatoms. The largest absolute Gasteiger partial charge is 0.496 e. The van der Waals surface area contributed by atoms with Crippen LogP contribution in [0.4, 0.5) is 0 Å². The van der Waals surface area contributed by atoms with Crippen LogP contribution in [0.3, 0.4) is 0 Å². The molecule has 0 bridgehead atoms. The molecule has 0 heterocycles. The lowest BCUT2D eigenvalue weighted by Crippen LogP contribution is -2.48. The predicted octanol–water partition coefficient (Wildman–Crippen LogP) is 2.51.